The minimum absolute atomic E-state index is 0.180. The van der Waals surface area contributed by atoms with Gasteiger partial charge in [0.15, 0.2) is 11.5 Å². The van der Waals surface area contributed by atoms with Gasteiger partial charge in [0.05, 0.1) is 25.8 Å². The van der Waals surface area contributed by atoms with Crippen molar-refractivity contribution in [2.24, 2.45) is 5.90 Å². The van der Waals surface area contributed by atoms with E-state index in [1.807, 2.05) is 0 Å². The molecule has 0 fully saturated rings. The van der Waals surface area contributed by atoms with Gasteiger partial charge in [0.25, 0.3) is 0 Å². The maximum atomic E-state index is 5.94. The summed E-state index contributed by atoms with van der Waals surface area (Å²) in [6.07, 6.45) is 0. The number of benzene rings is 1. The number of hydrogen-bond donors (Lipinski definition) is 1. The monoisotopic (exact) mass is 217 g/mol. The number of ether oxygens (including phenoxy) is 2. The van der Waals surface area contributed by atoms with E-state index in [0.29, 0.717) is 22.1 Å². The van der Waals surface area contributed by atoms with Crippen molar-refractivity contribution in [3.05, 3.63) is 22.7 Å². The van der Waals surface area contributed by atoms with Crippen molar-refractivity contribution in [3.8, 4) is 11.5 Å². The molecule has 0 aromatic heterocycles. The fourth-order valence-corrected chi connectivity index (χ4v) is 1.39. The predicted molar refractivity (Wildman–Crippen MR) is 53.5 cm³/mol. The highest BCUT2D eigenvalue weighted by Crippen LogP contribution is 2.35. The second kappa shape index (κ2) is 5.05. The van der Waals surface area contributed by atoms with Crippen LogP contribution in [0.5, 0.6) is 11.5 Å². The maximum absolute atomic E-state index is 5.94. The lowest BCUT2D eigenvalue weighted by Crippen LogP contribution is -2.03. The number of rotatable bonds is 4. The molecule has 1 rings (SSSR count). The molecule has 14 heavy (non-hydrogen) atoms. The Hall–Kier alpha value is -0.970. The van der Waals surface area contributed by atoms with Crippen molar-refractivity contribution < 1.29 is 14.3 Å². The van der Waals surface area contributed by atoms with E-state index < -0.39 is 0 Å². The summed E-state index contributed by atoms with van der Waals surface area (Å²) in [5.74, 6) is 6.14. The molecule has 2 N–H and O–H groups in total. The summed E-state index contributed by atoms with van der Waals surface area (Å²) in [6.45, 7) is 0.180. The molecule has 0 bridgehead atoms. The van der Waals surface area contributed by atoms with Crippen LogP contribution in [-0.4, -0.2) is 14.2 Å². The molecule has 1 aromatic rings. The lowest BCUT2D eigenvalue weighted by atomic mass is 10.2. The first-order valence-corrected chi connectivity index (χ1v) is 4.33. The summed E-state index contributed by atoms with van der Waals surface area (Å²) in [6, 6.07) is 3.43. The van der Waals surface area contributed by atoms with Gasteiger partial charge in [-0.1, -0.05) is 11.6 Å². The van der Waals surface area contributed by atoms with Crippen LogP contribution in [0, 0.1) is 0 Å². The van der Waals surface area contributed by atoms with E-state index in [1.54, 1.807) is 19.2 Å². The van der Waals surface area contributed by atoms with Crippen LogP contribution in [0.3, 0.4) is 0 Å². The fraction of sp³-hybridized carbons (Fsp3) is 0.333. The molecule has 0 aliphatic rings. The van der Waals surface area contributed by atoms with Crippen LogP contribution in [0.25, 0.3) is 0 Å². The topological polar surface area (TPSA) is 53.7 Å². The van der Waals surface area contributed by atoms with Crippen molar-refractivity contribution in [1.29, 1.82) is 0 Å². The number of nitrogens with two attached hydrogens (primary N) is 1. The van der Waals surface area contributed by atoms with E-state index in [4.69, 9.17) is 27.0 Å². The van der Waals surface area contributed by atoms with E-state index in [9.17, 15) is 0 Å². The lowest BCUT2D eigenvalue weighted by Gasteiger charge is -2.13. The van der Waals surface area contributed by atoms with E-state index in [-0.39, 0.29) is 6.61 Å². The predicted octanol–water partition coefficient (Wildman–Crippen LogP) is 1.75. The number of hydrogen-bond acceptors (Lipinski definition) is 4. The van der Waals surface area contributed by atoms with Crippen molar-refractivity contribution in [1.82, 2.24) is 0 Å². The highest BCUT2D eigenvalue weighted by molar-refractivity contribution is 6.31. The Morgan fingerprint density at radius 1 is 1.29 bits per heavy atom. The maximum Gasteiger partial charge on any atom is 0.167 e. The number of halogens is 1. The minimum Gasteiger partial charge on any atom is -0.493 e. The Labute approximate surface area is 87.5 Å². The quantitative estimate of drug-likeness (QED) is 0.781. The van der Waals surface area contributed by atoms with E-state index in [1.165, 1.54) is 7.11 Å². The Balaban J connectivity index is 3.20. The summed E-state index contributed by atoms with van der Waals surface area (Å²) in [7, 11) is 3.09. The standard InChI is InChI=1S/C9H12ClNO3/c1-12-8-4-3-7(10)6(5-14-11)9(8)13-2/h3-4H,5,11H2,1-2H3. The Morgan fingerprint density at radius 2 is 2.00 bits per heavy atom. The van der Waals surface area contributed by atoms with Crippen LogP contribution in [0.4, 0.5) is 0 Å². The second-order valence-corrected chi connectivity index (χ2v) is 2.98. The summed E-state index contributed by atoms with van der Waals surface area (Å²) < 4.78 is 10.3. The molecule has 0 atom stereocenters. The van der Waals surface area contributed by atoms with Gasteiger partial charge in [0, 0.05) is 5.56 Å². The molecule has 0 amide bonds. The van der Waals surface area contributed by atoms with Crippen LogP contribution in [0.2, 0.25) is 5.02 Å². The molecule has 0 aliphatic carbocycles. The minimum atomic E-state index is 0.180. The fourth-order valence-electron chi connectivity index (χ4n) is 1.18. The van der Waals surface area contributed by atoms with Crippen molar-refractivity contribution in [2.45, 2.75) is 6.61 Å². The zero-order valence-corrected chi connectivity index (χ0v) is 8.80. The lowest BCUT2D eigenvalue weighted by molar-refractivity contribution is 0.121. The summed E-state index contributed by atoms with van der Waals surface area (Å²) >= 11 is 5.94. The smallest absolute Gasteiger partial charge is 0.167 e. The van der Waals surface area contributed by atoms with Gasteiger partial charge in [-0.05, 0) is 12.1 Å². The first-order valence-electron chi connectivity index (χ1n) is 3.95. The van der Waals surface area contributed by atoms with Gasteiger partial charge in [-0.15, -0.1) is 0 Å². The molecule has 0 heterocycles. The molecular formula is C9H12ClNO3. The van der Waals surface area contributed by atoms with Gasteiger partial charge < -0.3 is 9.47 Å². The van der Waals surface area contributed by atoms with Crippen LogP contribution in [-0.2, 0) is 11.4 Å². The largest absolute Gasteiger partial charge is 0.493 e. The van der Waals surface area contributed by atoms with Crippen molar-refractivity contribution in [3.63, 3.8) is 0 Å². The number of methoxy groups -OCH3 is 2. The summed E-state index contributed by atoms with van der Waals surface area (Å²) in [5.41, 5.74) is 0.677. The summed E-state index contributed by atoms with van der Waals surface area (Å²) in [4.78, 5) is 4.53. The molecular weight excluding hydrogens is 206 g/mol. The SMILES string of the molecule is COc1ccc(Cl)c(CON)c1OC. The van der Waals surface area contributed by atoms with Gasteiger partial charge in [0.2, 0.25) is 0 Å². The van der Waals surface area contributed by atoms with Crippen molar-refractivity contribution in [2.75, 3.05) is 14.2 Å². The molecule has 78 valence electrons. The molecule has 0 saturated heterocycles. The Kier molecular flexibility index (Phi) is 4.00. The molecule has 0 saturated carbocycles. The van der Waals surface area contributed by atoms with Gasteiger partial charge in [0.1, 0.15) is 0 Å². The zero-order chi connectivity index (χ0) is 10.6. The molecule has 0 unspecified atom stereocenters. The third-order valence-electron chi connectivity index (χ3n) is 1.82. The molecule has 5 heteroatoms. The first kappa shape index (κ1) is 11.1. The third-order valence-corrected chi connectivity index (χ3v) is 2.17. The average Bonchev–Trinajstić information content (AvgIpc) is 2.21. The molecule has 0 radical (unpaired) electrons. The van der Waals surface area contributed by atoms with E-state index in [2.05, 4.69) is 4.84 Å². The van der Waals surface area contributed by atoms with Crippen LogP contribution < -0.4 is 15.4 Å². The normalized spacial score (nSPS) is 10.0. The molecule has 0 spiro atoms. The molecule has 4 nitrogen and oxygen atoms in total. The average molecular weight is 218 g/mol. The second-order valence-electron chi connectivity index (χ2n) is 2.57. The Bertz CT molecular complexity index is 317. The van der Waals surface area contributed by atoms with Crippen molar-refractivity contribution >= 4 is 11.6 Å². The highest BCUT2D eigenvalue weighted by Gasteiger charge is 2.13. The van der Waals surface area contributed by atoms with Crippen LogP contribution in [0.15, 0.2) is 12.1 Å². The molecule has 1 aromatic carbocycles. The van der Waals surface area contributed by atoms with Crippen LogP contribution in [0.1, 0.15) is 5.56 Å². The van der Waals surface area contributed by atoms with Gasteiger partial charge in [-0.25, -0.2) is 5.90 Å². The first-order chi connectivity index (χ1) is 6.74. The molecule has 0 aliphatic heterocycles. The Morgan fingerprint density at radius 3 is 2.50 bits per heavy atom. The third kappa shape index (κ3) is 2.09. The van der Waals surface area contributed by atoms with Gasteiger partial charge in [-0.2, -0.15) is 0 Å². The highest BCUT2D eigenvalue weighted by atomic mass is 35.5. The summed E-state index contributed by atoms with van der Waals surface area (Å²) in [5, 5.41) is 0.535. The zero-order valence-electron chi connectivity index (χ0n) is 8.04. The van der Waals surface area contributed by atoms with E-state index >= 15 is 0 Å². The van der Waals surface area contributed by atoms with Gasteiger partial charge >= 0.3 is 0 Å². The van der Waals surface area contributed by atoms with Crippen LogP contribution >= 0.6 is 11.6 Å². The van der Waals surface area contributed by atoms with Gasteiger partial charge in [-0.3, -0.25) is 4.84 Å². The van der Waals surface area contributed by atoms with E-state index in [0.717, 1.165) is 0 Å².